The molecule has 0 aliphatic heterocycles. The van der Waals surface area contributed by atoms with E-state index in [2.05, 4.69) is 5.32 Å². The SMILES string of the molecule is CCOC(=O)c1ccccc1NC(=O)/C(C#N)=C/c1ccc(Cl)cc1. The largest absolute Gasteiger partial charge is 0.462 e. The Bertz CT molecular complexity index is 852. The molecule has 0 radical (unpaired) electrons. The molecule has 25 heavy (non-hydrogen) atoms. The first kappa shape index (κ1) is 18.2. The fourth-order valence-corrected chi connectivity index (χ4v) is 2.17. The van der Waals surface area contributed by atoms with Crippen LogP contribution in [0.15, 0.2) is 54.1 Å². The summed E-state index contributed by atoms with van der Waals surface area (Å²) in [6, 6.07) is 15.0. The van der Waals surface area contributed by atoms with Crippen LogP contribution in [0.5, 0.6) is 0 Å². The average Bonchev–Trinajstić information content (AvgIpc) is 2.61. The molecule has 1 amide bonds. The van der Waals surface area contributed by atoms with Crippen LogP contribution in [0, 0.1) is 11.3 Å². The van der Waals surface area contributed by atoms with Gasteiger partial charge in [0.1, 0.15) is 11.6 Å². The van der Waals surface area contributed by atoms with E-state index in [1.165, 1.54) is 6.08 Å². The summed E-state index contributed by atoms with van der Waals surface area (Å²) in [5, 5.41) is 12.4. The van der Waals surface area contributed by atoms with Gasteiger partial charge in [0, 0.05) is 5.02 Å². The number of anilines is 1. The van der Waals surface area contributed by atoms with Gasteiger partial charge in [-0.15, -0.1) is 0 Å². The monoisotopic (exact) mass is 354 g/mol. The van der Waals surface area contributed by atoms with Gasteiger partial charge in [-0.1, -0.05) is 35.9 Å². The number of ether oxygens (including phenoxy) is 1. The van der Waals surface area contributed by atoms with Gasteiger partial charge in [0.25, 0.3) is 5.91 Å². The third kappa shape index (κ3) is 4.93. The van der Waals surface area contributed by atoms with E-state index in [-0.39, 0.29) is 23.4 Å². The van der Waals surface area contributed by atoms with E-state index in [1.807, 2.05) is 6.07 Å². The topological polar surface area (TPSA) is 79.2 Å². The maximum Gasteiger partial charge on any atom is 0.340 e. The minimum Gasteiger partial charge on any atom is -0.462 e. The molecule has 0 aromatic heterocycles. The predicted molar refractivity (Wildman–Crippen MR) is 96.1 cm³/mol. The highest BCUT2D eigenvalue weighted by atomic mass is 35.5. The Morgan fingerprint density at radius 1 is 1.20 bits per heavy atom. The molecule has 0 atom stereocenters. The molecule has 0 fully saturated rings. The molecule has 5 nitrogen and oxygen atoms in total. The van der Waals surface area contributed by atoms with Crippen LogP contribution in [0.2, 0.25) is 5.02 Å². The molecule has 0 bridgehead atoms. The fourth-order valence-electron chi connectivity index (χ4n) is 2.04. The summed E-state index contributed by atoms with van der Waals surface area (Å²) in [5.41, 5.74) is 1.07. The van der Waals surface area contributed by atoms with E-state index in [4.69, 9.17) is 16.3 Å². The summed E-state index contributed by atoms with van der Waals surface area (Å²) in [6.07, 6.45) is 1.44. The molecule has 126 valence electrons. The molecule has 0 unspecified atom stereocenters. The molecule has 0 saturated carbocycles. The quantitative estimate of drug-likeness (QED) is 0.499. The summed E-state index contributed by atoms with van der Waals surface area (Å²) in [4.78, 5) is 24.3. The van der Waals surface area contributed by atoms with Crippen LogP contribution in [0.3, 0.4) is 0 Å². The maximum absolute atomic E-state index is 12.4. The first-order valence-electron chi connectivity index (χ1n) is 7.50. The van der Waals surface area contributed by atoms with Crippen LogP contribution in [-0.4, -0.2) is 18.5 Å². The van der Waals surface area contributed by atoms with E-state index in [0.29, 0.717) is 10.6 Å². The third-order valence-corrected chi connectivity index (χ3v) is 3.47. The molecule has 0 saturated heterocycles. The van der Waals surface area contributed by atoms with Crippen LogP contribution in [0.1, 0.15) is 22.8 Å². The standard InChI is InChI=1S/C19H15ClN2O3/c1-2-25-19(24)16-5-3-4-6-17(16)22-18(23)14(12-21)11-13-7-9-15(20)10-8-13/h3-11H,2H2,1H3,(H,22,23)/b14-11+. The van der Waals surface area contributed by atoms with Crippen LogP contribution < -0.4 is 5.32 Å². The number of nitrogens with zero attached hydrogens (tertiary/aromatic N) is 1. The fraction of sp³-hybridized carbons (Fsp3) is 0.105. The third-order valence-electron chi connectivity index (χ3n) is 3.22. The van der Waals surface area contributed by atoms with Crippen molar-refractivity contribution in [3.05, 3.63) is 70.3 Å². The summed E-state index contributed by atoms with van der Waals surface area (Å²) in [5.74, 6) is -1.16. The summed E-state index contributed by atoms with van der Waals surface area (Å²) >= 11 is 5.82. The number of halogens is 1. The molecule has 6 heteroatoms. The highest BCUT2D eigenvalue weighted by Gasteiger charge is 2.16. The Hall–Kier alpha value is -3.10. The van der Waals surface area contributed by atoms with Crippen molar-refractivity contribution in [2.45, 2.75) is 6.92 Å². The minimum atomic E-state index is -0.616. The van der Waals surface area contributed by atoms with E-state index in [1.54, 1.807) is 55.5 Å². The summed E-state index contributed by atoms with van der Waals surface area (Å²) in [6.45, 7) is 1.92. The number of hydrogen-bond acceptors (Lipinski definition) is 4. The lowest BCUT2D eigenvalue weighted by Crippen LogP contribution is -2.17. The van der Waals surface area contributed by atoms with Crippen molar-refractivity contribution in [1.82, 2.24) is 0 Å². The summed E-state index contributed by atoms with van der Waals surface area (Å²) < 4.78 is 4.96. The normalized spacial score (nSPS) is 10.7. The number of carbonyl (C=O) groups excluding carboxylic acids is 2. The molecule has 0 aliphatic rings. The second kappa shape index (κ2) is 8.67. The molecule has 1 N–H and O–H groups in total. The van der Waals surface area contributed by atoms with Crippen LogP contribution >= 0.6 is 11.6 Å². The zero-order valence-corrected chi connectivity index (χ0v) is 14.2. The summed E-state index contributed by atoms with van der Waals surface area (Å²) in [7, 11) is 0. The van der Waals surface area contributed by atoms with Crippen molar-refractivity contribution in [2.75, 3.05) is 11.9 Å². The lowest BCUT2D eigenvalue weighted by molar-refractivity contribution is -0.112. The molecule has 0 spiro atoms. The van der Waals surface area contributed by atoms with Crippen molar-refractivity contribution in [3.8, 4) is 6.07 Å². The van der Waals surface area contributed by atoms with Gasteiger partial charge in [-0.05, 0) is 42.8 Å². The van der Waals surface area contributed by atoms with Gasteiger partial charge in [0.15, 0.2) is 0 Å². The van der Waals surface area contributed by atoms with Crippen molar-refractivity contribution >= 4 is 35.2 Å². The van der Waals surface area contributed by atoms with Gasteiger partial charge in [0.05, 0.1) is 17.9 Å². The number of carbonyl (C=O) groups is 2. The van der Waals surface area contributed by atoms with E-state index in [9.17, 15) is 14.9 Å². The Labute approximate surface area is 150 Å². The highest BCUT2D eigenvalue weighted by Crippen LogP contribution is 2.18. The number of benzene rings is 2. The first-order chi connectivity index (χ1) is 12.0. The van der Waals surface area contributed by atoms with Crippen molar-refractivity contribution in [1.29, 1.82) is 5.26 Å². The highest BCUT2D eigenvalue weighted by molar-refractivity contribution is 6.30. The second-order valence-corrected chi connectivity index (χ2v) is 5.38. The molecule has 2 aromatic carbocycles. The molecular formula is C19H15ClN2O3. The number of para-hydroxylation sites is 1. The molecule has 0 heterocycles. The average molecular weight is 355 g/mol. The Kier molecular flexibility index (Phi) is 6.33. The smallest absolute Gasteiger partial charge is 0.340 e. The Balaban J connectivity index is 2.25. The first-order valence-corrected chi connectivity index (χ1v) is 7.87. The van der Waals surface area contributed by atoms with E-state index < -0.39 is 11.9 Å². The van der Waals surface area contributed by atoms with E-state index >= 15 is 0 Å². The van der Waals surface area contributed by atoms with Crippen molar-refractivity contribution < 1.29 is 14.3 Å². The molecular weight excluding hydrogens is 340 g/mol. The van der Waals surface area contributed by atoms with Crippen molar-refractivity contribution in [2.24, 2.45) is 0 Å². The number of esters is 1. The number of amides is 1. The zero-order chi connectivity index (χ0) is 18.2. The zero-order valence-electron chi connectivity index (χ0n) is 13.5. The number of hydrogen-bond donors (Lipinski definition) is 1. The van der Waals surface area contributed by atoms with Crippen molar-refractivity contribution in [3.63, 3.8) is 0 Å². The Morgan fingerprint density at radius 3 is 2.52 bits per heavy atom. The number of nitriles is 1. The maximum atomic E-state index is 12.4. The van der Waals surface area contributed by atoms with Crippen LogP contribution in [0.25, 0.3) is 6.08 Å². The molecule has 0 aliphatic carbocycles. The van der Waals surface area contributed by atoms with Gasteiger partial charge in [-0.25, -0.2) is 4.79 Å². The number of rotatable bonds is 5. The van der Waals surface area contributed by atoms with Gasteiger partial charge in [0.2, 0.25) is 0 Å². The van der Waals surface area contributed by atoms with E-state index in [0.717, 1.165) is 0 Å². The molecule has 2 aromatic rings. The lowest BCUT2D eigenvalue weighted by Gasteiger charge is -2.10. The van der Waals surface area contributed by atoms with Crippen LogP contribution in [0.4, 0.5) is 5.69 Å². The van der Waals surface area contributed by atoms with Crippen LogP contribution in [-0.2, 0) is 9.53 Å². The van der Waals surface area contributed by atoms with Gasteiger partial charge < -0.3 is 10.1 Å². The minimum absolute atomic E-state index is 0.0963. The van der Waals surface area contributed by atoms with Gasteiger partial charge >= 0.3 is 5.97 Å². The lowest BCUT2D eigenvalue weighted by atomic mass is 10.1. The van der Waals surface area contributed by atoms with Gasteiger partial charge in [-0.2, -0.15) is 5.26 Å². The molecule has 2 rings (SSSR count). The number of nitrogens with one attached hydrogen (secondary N) is 1. The van der Waals surface area contributed by atoms with Gasteiger partial charge in [-0.3, -0.25) is 4.79 Å². The Morgan fingerprint density at radius 2 is 1.88 bits per heavy atom. The second-order valence-electron chi connectivity index (χ2n) is 4.94. The predicted octanol–water partition coefficient (Wildman–Crippen LogP) is 4.06.